The Labute approximate surface area is 164 Å². The number of carbonyl (C=O) groups excluding carboxylic acids is 2. The van der Waals surface area contributed by atoms with Gasteiger partial charge < -0.3 is 14.3 Å². The number of rotatable bonds is 3. The fourth-order valence-corrected chi connectivity index (χ4v) is 4.09. The van der Waals surface area contributed by atoms with Gasteiger partial charge in [-0.05, 0) is 24.5 Å². The molecule has 1 unspecified atom stereocenters. The van der Waals surface area contributed by atoms with E-state index in [1.165, 1.54) is 0 Å². The molecule has 1 saturated heterocycles. The molecule has 4 rings (SSSR count). The summed E-state index contributed by atoms with van der Waals surface area (Å²) in [6.45, 7) is 5.83. The number of hydrogen-bond acceptors (Lipinski definition) is 5. The normalized spacial score (nSPS) is 20.6. The van der Waals surface area contributed by atoms with E-state index in [4.69, 9.17) is 4.52 Å². The van der Waals surface area contributed by atoms with Gasteiger partial charge in [-0.15, -0.1) is 0 Å². The summed E-state index contributed by atoms with van der Waals surface area (Å²) in [5, 5.41) is 4.14. The molecule has 0 bridgehead atoms. The van der Waals surface area contributed by atoms with E-state index in [1.54, 1.807) is 11.9 Å². The number of piperidine rings is 1. The molecule has 7 nitrogen and oxygen atoms in total. The molecule has 2 amide bonds. The molecule has 0 N–H and O–H groups in total. The summed E-state index contributed by atoms with van der Waals surface area (Å²) in [4.78, 5) is 33.7. The molecule has 0 aliphatic carbocycles. The standard InChI is InChI=1S/C21H26N4O3/c1-13(2)19-22-18(23-28-19)14-8-10-25(11-9-14)21(27)17-12-24(3)20(26)16-7-5-4-6-15(16)17/h4-7,13-14,17H,8-12H2,1-3H3. The van der Waals surface area contributed by atoms with E-state index in [0.717, 1.165) is 24.2 Å². The Balaban J connectivity index is 1.45. The Bertz CT molecular complexity index is 883. The number of aromatic nitrogens is 2. The maximum atomic E-state index is 13.2. The highest BCUT2D eigenvalue weighted by molar-refractivity contribution is 6.00. The summed E-state index contributed by atoms with van der Waals surface area (Å²) in [6, 6.07) is 7.45. The Morgan fingerprint density at radius 2 is 1.93 bits per heavy atom. The van der Waals surface area contributed by atoms with Crippen LogP contribution in [-0.4, -0.2) is 58.4 Å². The molecule has 1 aromatic carbocycles. The van der Waals surface area contributed by atoms with Crippen molar-refractivity contribution in [2.75, 3.05) is 26.7 Å². The van der Waals surface area contributed by atoms with Gasteiger partial charge in [-0.3, -0.25) is 9.59 Å². The van der Waals surface area contributed by atoms with Gasteiger partial charge in [0.15, 0.2) is 5.82 Å². The molecule has 2 aliphatic rings. The molecule has 148 valence electrons. The van der Waals surface area contributed by atoms with Crippen LogP contribution in [0.4, 0.5) is 0 Å². The molecule has 1 fully saturated rings. The molecule has 7 heteroatoms. The summed E-state index contributed by atoms with van der Waals surface area (Å²) in [6.07, 6.45) is 1.65. The molecule has 0 radical (unpaired) electrons. The molecular weight excluding hydrogens is 356 g/mol. The molecule has 1 atom stereocenters. The number of amides is 2. The van der Waals surface area contributed by atoms with Crippen molar-refractivity contribution in [2.24, 2.45) is 0 Å². The van der Waals surface area contributed by atoms with Crippen LogP contribution in [0.15, 0.2) is 28.8 Å². The second-order valence-corrected chi connectivity index (χ2v) is 8.07. The van der Waals surface area contributed by atoms with Gasteiger partial charge in [-0.2, -0.15) is 4.98 Å². The van der Waals surface area contributed by atoms with E-state index < -0.39 is 0 Å². The molecule has 2 aliphatic heterocycles. The largest absolute Gasteiger partial charge is 0.342 e. The highest BCUT2D eigenvalue weighted by atomic mass is 16.5. The number of likely N-dealkylation sites (N-methyl/N-ethyl adjacent to an activating group) is 1. The van der Waals surface area contributed by atoms with Crippen molar-refractivity contribution in [3.05, 3.63) is 47.1 Å². The third-order valence-electron chi connectivity index (χ3n) is 5.79. The topological polar surface area (TPSA) is 79.5 Å². The van der Waals surface area contributed by atoms with Crippen molar-refractivity contribution in [2.45, 2.75) is 44.4 Å². The second-order valence-electron chi connectivity index (χ2n) is 8.07. The van der Waals surface area contributed by atoms with Gasteiger partial charge >= 0.3 is 0 Å². The maximum absolute atomic E-state index is 13.2. The number of benzene rings is 1. The van der Waals surface area contributed by atoms with E-state index in [-0.39, 0.29) is 29.6 Å². The summed E-state index contributed by atoms with van der Waals surface area (Å²) in [7, 11) is 1.76. The van der Waals surface area contributed by atoms with E-state index in [2.05, 4.69) is 10.1 Å². The molecule has 0 spiro atoms. The van der Waals surface area contributed by atoms with Crippen LogP contribution in [0.25, 0.3) is 0 Å². The predicted molar refractivity (Wildman–Crippen MR) is 103 cm³/mol. The lowest BCUT2D eigenvalue weighted by Gasteiger charge is -2.37. The van der Waals surface area contributed by atoms with Gasteiger partial charge in [0.2, 0.25) is 11.8 Å². The van der Waals surface area contributed by atoms with E-state index >= 15 is 0 Å². The molecular formula is C21H26N4O3. The van der Waals surface area contributed by atoms with Gasteiger partial charge in [0.1, 0.15) is 0 Å². The zero-order valence-corrected chi connectivity index (χ0v) is 16.6. The second kappa shape index (κ2) is 7.37. The average Bonchev–Trinajstić information content (AvgIpc) is 3.21. The average molecular weight is 382 g/mol. The Morgan fingerprint density at radius 3 is 2.61 bits per heavy atom. The first-order chi connectivity index (χ1) is 13.5. The molecule has 1 aromatic heterocycles. The number of fused-ring (bicyclic) bond motifs is 1. The Kier molecular flexibility index (Phi) is 4.91. The van der Waals surface area contributed by atoms with Crippen LogP contribution >= 0.6 is 0 Å². The third-order valence-corrected chi connectivity index (χ3v) is 5.79. The Morgan fingerprint density at radius 1 is 1.21 bits per heavy atom. The maximum Gasteiger partial charge on any atom is 0.253 e. The minimum atomic E-state index is -0.298. The number of likely N-dealkylation sites (tertiary alicyclic amines) is 1. The van der Waals surface area contributed by atoms with Gasteiger partial charge in [0.05, 0.1) is 5.92 Å². The van der Waals surface area contributed by atoms with Gasteiger partial charge in [0.25, 0.3) is 5.91 Å². The number of carbonyl (C=O) groups is 2. The summed E-state index contributed by atoms with van der Waals surface area (Å²) < 4.78 is 5.33. The van der Waals surface area contributed by atoms with Gasteiger partial charge in [-0.1, -0.05) is 37.2 Å². The minimum Gasteiger partial charge on any atom is -0.342 e. The van der Waals surface area contributed by atoms with Crippen molar-refractivity contribution in [3.8, 4) is 0 Å². The first-order valence-electron chi connectivity index (χ1n) is 9.92. The fraction of sp³-hybridized carbons (Fsp3) is 0.524. The van der Waals surface area contributed by atoms with E-state index in [0.29, 0.717) is 31.1 Å². The Hall–Kier alpha value is -2.70. The zero-order chi connectivity index (χ0) is 19.8. The highest BCUT2D eigenvalue weighted by Gasteiger charge is 2.37. The van der Waals surface area contributed by atoms with Crippen LogP contribution in [0.2, 0.25) is 0 Å². The molecule has 2 aromatic rings. The van der Waals surface area contributed by atoms with Gasteiger partial charge in [0, 0.05) is 44.1 Å². The highest BCUT2D eigenvalue weighted by Crippen LogP contribution is 2.32. The summed E-state index contributed by atoms with van der Waals surface area (Å²) in [5.74, 6) is 1.65. The fourth-order valence-electron chi connectivity index (χ4n) is 4.09. The third kappa shape index (κ3) is 3.30. The van der Waals surface area contributed by atoms with Crippen molar-refractivity contribution in [1.29, 1.82) is 0 Å². The predicted octanol–water partition coefficient (Wildman–Crippen LogP) is 2.77. The first-order valence-corrected chi connectivity index (χ1v) is 9.92. The quantitative estimate of drug-likeness (QED) is 0.815. The number of nitrogens with zero attached hydrogens (tertiary/aromatic N) is 4. The van der Waals surface area contributed by atoms with Crippen LogP contribution in [0, 0.1) is 0 Å². The van der Waals surface area contributed by atoms with Crippen LogP contribution < -0.4 is 0 Å². The van der Waals surface area contributed by atoms with Crippen molar-refractivity contribution in [3.63, 3.8) is 0 Å². The first kappa shape index (κ1) is 18.7. The minimum absolute atomic E-state index is 0.0172. The monoisotopic (exact) mass is 382 g/mol. The molecule has 28 heavy (non-hydrogen) atoms. The number of hydrogen-bond donors (Lipinski definition) is 0. The van der Waals surface area contributed by atoms with Gasteiger partial charge in [-0.25, -0.2) is 0 Å². The lowest BCUT2D eigenvalue weighted by atomic mass is 9.87. The van der Waals surface area contributed by atoms with Crippen molar-refractivity contribution >= 4 is 11.8 Å². The van der Waals surface area contributed by atoms with Crippen LogP contribution in [0.3, 0.4) is 0 Å². The van der Waals surface area contributed by atoms with E-state index in [1.807, 2.05) is 43.0 Å². The smallest absolute Gasteiger partial charge is 0.253 e. The van der Waals surface area contributed by atoms with Crippen LogP contribution in [0.1, 0.15) is 72.1 Å². The SMILES string of the molecule is CC(C)c1nc(C2CCN(C(=O)C3CN(C)C(=O)c4ccccc43)CC2)no1. The summed E-state index contributed by atoms with van der Waals surface area (Å²) in [5.41, 5.74) is 1.48. The molecule has 3 heterocycles. The lowest BCUT2D eigenvalue weighted by molar-refractivity contribution is -0.134. The summed E-state index contributed by atoms with van der Waals surface area (Å²) >= 11 is 0. The van der Waals surface area contributed by atoms with Crippen LogP contribution in [-0.2, 0) is 4.79 Å². The zero-order valence-electron chi connectivity index (χ0n) is 16.6. The van der Waals surface area contributed by atoms with Crippen molar-refractivity contribution in [1.82, 2.24) is 19.9 Å². The van der Waals surface area contributed by atoms with Crippen LogP contribution in [0.5, 0.6) is 0 Å². The molecule has 0 saturated carbocycles. The van der Waals surface area contributed by atoms with Crippen molar-refractivity contribution < 1.29 is 14.1 Å². The van der Waals surface area contributed by atoms with E-state index in [9.17, 15) is 9.59 Å². The lowest BCUT2D eigenvalue weighted by Crippen LogP contribution is -2.46.